The molecule has 3 aromatic rings. The topological polar surface area (TPSA) is 41.9 Å². The van der Waals surface area contributed by atoms with Crippen LogP contribution in [0.4, 0.5) is 11.4 Å². The number of anilines is 2. The zero-order chi connectivity index (χ0) is 18.7. The molecule has 7 heteroatoms. The van der Waals surface area contributed by atoms with Crippen LogP contribution in [0.25, 0.3) is 0 Å². The van der Waals surface area contributed by atoms with Gasteiger partial charge in [0.1, 0.15) is 0 Å². The zero-order valence-corrected chi connectivity index (χ0v) is 16.7. The van der Waals surface area contributed by atoms with Gasteiger partial charge in [-0.2, -0.15) is 5.10 Å². The molecule has 26 heavy (non-hydrogen) atoms. The molecule has 2 N–H and O–H groups in total. The Labute approximate surface area is 168 Å². The fraction of sp³-hybridized carbons (Fsp3) is 0.158. The molecule has 0 saturated carbocycles. The molecular weight excluding hydrogens is 387 g/mol. The number of thiocarbonyl (C=S) groups is 1. The maximum absolute atomic E-state index is 6.21. The van der Waals surface area contributed by atoms with Gasteiger partial charge in [-0.05, 0) is 67.0 Å². The molecule has 0 aliphatic carbocycles. The maximum atomic E-state index is 6.21. The lowest BCUT2D eigenvalue weighted by Gasteiger charge is -2.10. The Morgan fingerprint density at radius 2 is 1.73 bits per heavy atom. The largest absolute Gasteiger partial charge is 0.332 e. The van der Waals surface area contributed by atoms with Gasteiger partial charge >= 0.3 is 0 Å². The second kappa shape index (κ2) is 8.08. The van der Waals surface area contributed by atoms with Gasteiger partial charge < -0.3 is 10.6 Å². The molecule has 1 aromatic heterocycles. The summed E-state index contributed by atoms with van der Waals surface area (Å²) in [6.07, 6.45) is 3.60. The number of nitrogens with one attached hydrogen (secondary N) is 2. The number of benzene rings is 2. The Balaban J connectivity index is 1.63. The first-order chi connectivity index (χ1) is 12.4. The smallest absolute Gasteiger partial charge is 0.175 e. The van der Waals surface area contributed by atoms with Gasteiger partial charge in [-0.3, -0.25) is 4.68 Å². The van der Waals surface area contributed by atoms with Gasteiger partial charge in [-0.25, -0.2) is 0 Å². The first-order valence-corrected chi connectivity index (χ1v) is 9.18. The molecule has 0 bridgehead atoms. The highest BCUT2D eigenvalue weighted by atomic mass is 35.5. The van der Waals surface area contributed by atoms with Crippen molar-refractivity contribution < 1.29 is 0 Å². The molecule has 1 heterocycles. The number of aromatic nitrogens is 2. The summed E-state index contributed by atoms with van der Waals surface area (Å²) < 4.78 is 1.79. The van der Waals surface area contributed by atoms with E-state index in [2.05, 4.69) is 35.6 Å². The second-order valence-corrected chi connectivity index (χ2v) is 7.37. The molecule has 0 atom stereocenters. The maximum Gasteiger partial charge on any atom is 0.175 e. The number of hydrogen-bond donors (Lipinski definition) is 2. The van der Waals surface area contributed by atoms with Crippen molar-refractivity contribution in [3.8, 4) is 0 Å². The van der Waals surface area contributed by atoms with E-state index in [0.717, 1.165) is 16.9 Å². The van der Waals surface area contributed by atoms with E-state index in [1.807, 2.05) is 30.5 Å². The van der Waals surface area contributed by atoms with Crippen LogP contribution < -0.4 is 10.6 Å². The number of nitrogens with zero attached hydrogens (tertiary/aromatic N) is 2. The van der Waals surface area contributed by atoms with Gasteiger partial charge in [0.2, 0.25) is 0 Å². The number of rotatable bonds is 4. The van der Waals surface area contributed by atoms with E-state index in [0.29, 0.717) is 21.7 Å². The minimum Gasteiger partial charge on any atom is -0.332 e. The highest BCUT2D eigenvalue weighted by molar-refractivity contribution is 7.80. The summed E-state index contributed by atoms with van der Waals surface area (Å²) in [4.78, 5) is 0. The standard InChI is InChI=1S/C19H18Cl2N4S/c1-12-5-13(2)7-16(6-12)23-19(26)24-17-9-22-25(11-17)10-14-3-4-15(20)8-18(14)21/h3-9,11H,10H2,1-2H3,(H2,23,24,26). The van der Waals surface area contributed by atoms with Gasteiger partial charge in [-0.1, -0.05) is 35.3 Å². The van der Waals surface area contributed by atoms with Crippen LogP contribution in [-0.2, 0) is 6.54 Å². The van der Waals surface area contributed by atoms with E-state index in [9.17, 15) is 0 Å². The lowest BCUT2D eigenvalue weighted by atomic mass is 10.1. The average Bonchev–Trinajstić information content (AvgIpc) is 2.96. The van der Waals surface area contributed by atoms with Crippen molar-refractivity contribution in [1.29, 1.82) is 0 Å². The molecule has 0 aliphatic rings. The minimum absolute atomic E-state index is 0.513. The van der Waals surface area contributed by atoms with E-state index in [-0.39, 0.29) is 0 Å². The summed E-state index contributed by atoms with van der Waals surface area (Å²) in [5, 5.41) is 12.4. The summed E-state index contributed by atoms with van der Waals surface area (Å²) in [5.41, 5.74) is 5.07. The average molecular weight is 405 g/mol. The number of aryl methyl sites for hydroxylation is 2. The molecule has 0 spiro atoms. The molecule has 134 valence electrons. The molecule has 3 rings (SSSR count). The van der Waals surface area contributed by atoms with Crippen LogP contribution in [0.1, 0.15) is 16.7 Å². The van der Waals surface area contributed by atoms with Crippen molar-refractivity contribution in [3.63, 3.8) is 0 Å². The molecule has 0 saturated heterocycles. The lowest BCUT2D eigenvalue weighted by molar-refractivity contribution is 0.687. The van der Waals surface area contributed by atoms with Crippen LogP contribution in [0, 0.1) is 13.8 Å². The van der Waals surface area contributed by atoms with Gasteiger partial charge in [0.05, 0.1) is 18.4 Å². The summed E-state index contributed by atoms with van der Waals surface area (Å²) in [6, 6.07) is 11.7. The summed E-state index contributed by atoms with van der Waals surface area (Å²) in [6.45, 7) is 4.66. The Hall–Kier alpha value is -2.08. The Morgan fingerprint density at radius 1 is 1.04 bits per heavy atom. The molecule has 0 aliphatic heterocycles. The lowest BCUT2D eigenvalue weighted by Crippen LogP contribution is -2.18. The van der Waals surface area contributed by atoms with Gasteiger partial charge in [0.25, 0.3) is 0 Å². The Kier molecular flexibility index (Phi) is 5.81. The van der Waals surface area contributed by atoms with Crippen LogP contribution in [0.5, 0.6) is 0 Å². The molecular formula is C19H18Cl2N4S. The molecule has 2 aromatic carbocycles. The van der Waals surface area contributed by atoms with E-state index in [1.54, 1.807) is 16.9 Å². The fourth-order valence-corrected chi connectivity index (χ4v) is 3.38. The Bertz CT molecular complexity index is 932. The van der Waals surface area contributed by atoms with Crippen molar-refractivity contribution in [2.75, 3.05) is 10.6 Å². The van der Waals surface area contributed by atoms with Crippen molar-refractivity contribution in [2.45, 2.75) is 20.4 Å². The summed E-state index contributed by atoms with van der Waals surface area (Å²) in [7, 11) is 0. The van der Waals surface area contributed by atoms with Crippen molar-refractivity contribution in [3.05, 3.63) is 75.5 Å². The van der Waals surface area contributed by atoms with E-state index in [4.69, 9.17) is 35.4 Å². The van der Waals surface area contributed by atoms with Gasteiger partial charge in [0.15, 0.2) is 5.11 Å². The first kappa shape index (κ1) is 18.7. The highest BCUT2D eigenvalue weighted by Crippen LogP contribution is 2.22. The molecule has 4 nitrogen and oxygen atoms in total. The fourth-order valence-electron chi connectivity index (χ4n) is 2.68. The van der Waals surface area contributed by atoms with Crippen molar-refractivity contribution >= 4 is 51.9 Å². The third-order valence-electron chi connectivity index (χ3n) is 3.72. The second-order valence-electron chi connectivity index (χ2n) is 6.12. The van der Waals surface area contributed by atoms with E-state index < -0.39 is 0 Å². The third kappa shape index (κ3) is 4.97. The predicted octanol–water partition coefficient (Wildman–Crippen LogP) is 5.66. The third-order valence-corrected chi connectivity index (χ3v) is 4.51. The van der Waals surface area contributed by atoms with Gasteiger partial charge in [0, 0.05) is 21.9 Å². The molecule has 0 fully saturated rings. The minimum atomic E-state index is 0.513. The number of halogens is 2. The van der Waals surface area contributed by atoms with Crippen LogP contribution in [0.15, 0.2) is 48.8 Å². The molecule has 0 unspecified atom stereocenters. The van der Waals surface area contributed by atoms with Crippen LogP contribution in [-0.4, -0.2) is 14.9 Å². The van der Waals surface area contributed by atoms with Crippen molar-refractivity contribution in [1.82, 2.24) is 9.78 Å². The predicted molar refractivity (Wildman–Crippen MR) is 114 cm³/mol. The van der Waals surface area contributed by atoms with Gasteiger partial charge in [-0.15, -0.1) is 0 Å². The van der Waals surface area contributed by atoms with Crippen LogP contribution in [0.3, 0.4) is 0 Å². The Morgan fingerprint density at radius 3 is 2.42 bits per heavy atom. The van der Waals surface area contributed by atoms with Crippen LogP contribution >= 0.6 is 35.4 Å². The SMILES string of the molecule is Cc1cc(C)cc(NC(=S)Nc2cnn(Cc3ccc(Cl)cc3Cl)c2)c1. The number of hydrogen-bond acceptors (Lipinski definition) is 2. The summed E-state index contributed by atoms with van der Waals surface area (Å²) in [5.74, 6) is 0. The first-order valence-electron chi connectivity index (χ1n) is 8.02. The van der Waals surface area contributed by atoms with E-state index in [1.165, 1.54) is 11.1 Å². The van der Waals surface area contributed by atoms with E-state index >= 15 is 0 Å². The zero-order valence-electron chi connectivity index (χ0n) is 14.4. The molecule has 0 amide bonds. The van der Waals surface area contributed by atoms with Crippen molar-refractivity contribution in [2.24, 2.45) is 0 Å². The quantitative estimate of drug-likeness (QED) is 0.550. The normalized spacial score (nSPS) is 10.6. The summed E-state index contributed by atoms with van der Waals surface area (Å²) >= 11 is 17.5. The van der Waals surface area contributed by atoms with Crippen LogP contribution in [0.2, 0.25) is 10.0 Å². The molecule has 0 radical (unpaired) electrons. The monoisotopic (exact) mass is 404 g/mol. The highest BCUT2D eigenvalue weighted by Gasteiger charge is 2.06.